The van der Waals surface area contributed by atoms with Crippen LogP contribution in [-0.2, 0) is 0 Å². The summed E-state index contributed by atoms with van der Waals surface area (Å²) in [5, 5.41) is 2.62. The zero-order valence-corrected chi connectivity index (χ0v) is 17.8. The van der Waals surface area contributed by atoms with Gasteiger partial charge in [-0.25, -0.2) is 0 Å². The second-order valence-electron chi connectivity index (χ2n) is 8.85. The van der Waals surface area contributed by atoms with Gasteiger partial charge in [0.1, 0.15) is 0 Å². The van der Waals surface area contributed by atoms with E-state index in [9.17, 15) is 0 Å². The highest BCUT2D eigenvalue weighted by Crippen LogP contribution is 2.54. The van der Waals surface area contributed by atoms with Crippen molar-refractivity contribution >= 4 is 27.5 Å². The molecule has 3 nitrogen and oxygen atoms in total. The van der Waals surface area contributed by atoms with Gasteiger partial charge in [0, 0.05) is 48.6 Å². The van der Waals surface area contributed by atoms with Crippen molar-refractivity contribution < 1.29 is 0 Å². The van der Waals surface area contributed by atoms with Crippen molar-refractivity contribution in [3.05, 3.63) is 88.9 Å². The molecule has 1 aromatic heterocycles. The minimum atomic E-state index is 0.324. The number of nitrogens with zero attached hydrogens (tertiary/aromatic N) is 3. The minimum absolute atomic E-state index is 0.324. The van der Waals surface area contributed by atoms with E-state index in [1.807, 2.05) is 0 Å². The third kappa shape index (κ3) is 2.26. The lowest BCUT2D eigenvalue weighted by molar-refractivity contribution is 0.642. The third-order valence-corrected chi connectivity index (χ3v) is 7.33. The number of rotatable bonds is 0. The maximum absolute atomic E-state index is 4.57. The summed E-state index contributed by atoms with van der Waals surface area (Å²) in [6.07, 6.45) is 3.57. The first-order valence-electron chi connectivity index (χ1n) is 10.8. The van der Waals surface area contributed by atoms with Crippen LogP contribution in [0.25, 0.3) is 21.8 Å². The Morgan fingerprint density at radius 1 is 0.700 bits per heavy atom. The molecule has 2 aliphatic rings. The molecule has 0 saturated carbocycles. The molecule has 30 heavy (non-hydrogen) atoms. The molecule has 0 bridgehead atoms. The van der Waals surface area contributed by atoms with Crippen LogP contribution in [0, 0.1) is 0 Å². The van der Waals surface area contributed by atoms with Crippen LogP contribution in [0.4, 0.5) is 5.69 Å². The van der Waals surface area contributed by atoms with Crippen LogP contribution in [0.5, 0.6) is 0 Å². The highest BCUT2D eigenvalue weighted by Gasteiger charge is 2.39. The second kappa shape index (κ2) is 6.15. The maximum atomic E-state index is 4.57. The van der Waals surface area contributed by atoms with Crippen molar-refractivity contribution in [3.8, 4) is 0 Å². The molecule has 4 aromatic rings. The summed E-state index contributed by atoms with van der Waals surface area (Å²) >= 11 is 0. The maximum Gasteiger partial charge on any atom is 0.0889 e. The number of hydrogen-bond donors (Lipinski definition) is 0. The van der Waals surface area contributed by atoms with Gasteiger partial charge in [0.15, 0.2) is 0 Å². The average molecular weight is 392 g/mol. The predicted octanol–water partition coefficient (Wildman–Crippen LogP) is 6.51. The number of allylic oxidation sites excluding steroid dienone is 2. The van der Waals surface area contributed by atoms with Crippen molar-refractivity contribution in [1.29, 1.82) is 0 Å². The molecule has 0 radical (unpaired) electrons. The quantitative estimate of drug-likeness (QED) is 0.342. The van der Waals surface area contributed by atoms with Gasteiger partial charge in [0.25, 0.3) is 0 Å². The van der Waals surface area contributed by atoms with E-state index in [4.69, 9.17) is 0 Å². The molecule has 3 unspecified atom stereocenters. The molecule has 3 heteroatoms. The Bertz CT molecular complexity index is 1160. The van der Waals surface area contributed by atoms with E-state index < -0.39 is 0 Å². The van der Waals surface area contributed by atoms with E-state index in [1.165, 1.54) is 38.8 Å². The van der Waals surface area contributed by atoms with E-state index in [1.54, 1.807) is 18.0 Å². The first-order valence-corrected chi connectivity index (χ1v) is 10.8. The molecule has 6 rings (SSSR count). The van der Waals surface area contributed by atoms with Crippen molar-refractivity contribution in [3.63, 3.8) is 0 Å². The van der Waals surface area contributed by atoms with E-state index in [0.29, 0.717) is 17.8 Å². The van der Waals surface area contributed by atoms with Crippen molar-refractivity contribution in [2.75, 3.05) is 11.9 Å². The predicted molar refractivity (Wildman–Crippen MR) is 124 cm³/mol. The van der Waals surface area contributed by atoms with Gasteiger partial charge in [-0.2, -0.15) is 0 Å². The Morgan fingerprint density at radius 3 is 1.93 bits per heavy atom. The summed E-state index contributed by atoms with van der Waals surface area (Å²) in [6, 6.07) is 18.0. The van der Waals surface area contributed by atoms with Gasteiger partial charge < -0.3 is 4.90 Å². The van der Waals surface area contributed by atoms with Crippen LogP contribution < -0.4 is 4.90 Å². The zero-order valence-electron chi connectivity index (χ0n) is 17.8. The van der Waals surface area contributed by atoms with Gasteiger partial charge in [0.2, 0.25) is 0 Å². The summed E-state index contributed by atoms with van der Waals surface area (Å²) in [6.45, 7) is 7.08. The first kappa shape index (κ1) is 17.6. The molecule has 1 aliphatic heterocycles. The number of aromatic nitrogens is 2. The zero-order chi connectivity index (χ0) is 20.6. The van der Waals surface area contributed by atoms with E-state index in [-0.39, 0.29) is 0 Å². The fraction of sp³-hybridized carbons (Fsp3) is 0.259. The number of benzene rings is 3. The summed E-state index contributed by atoms with van der Waals surface area (Å²) < 4.78 is 0. The molecular weight excluding hydrogens is 366 g/mol. The number of hydrogen-bond acceptors (Lipinski definition) is 3. The molecule has 0 N–H and O–H groups in total. The van der Waals surface area contributed by atoms with Crippen molar-refractivity contribution in [2.24, 2.45) is 0 Å². The second-order valence-corrected chi connectivity index (χ2v) is 8.85. The van der Waals surface area contributed by atoms with Gasteiger partial charge in [-0.05, 0) is 57.3 Å². The topological polar surface area (TPSA) is 29.0 Å². The van der Waals surface area contributed by atoms with Crippen LogP contribution >= 0.6 is 0 Å². The molecule has 0 amide bonds. The van der Waals surface area contributed by atoms with Crippen LogP contribution in [0.2, 0.25) is 0 Å². The third-order valence-electron chi connectivity index (χ3n) is 7.33. The Kier molecular flexibility index (Phi) is 3.62. The highest BCUT2D eigenvalue weighted by atomic mass is 15.1. The standard InChI is InChI=1S/C27H25N3/c1-15-20-13-23-24(29-10-9-28-23)14-21(20)17(3)27-26(15)16(2)22-11-18-7-5-6-8-19(18)12-25(22)30(27)4/h5-17H,1-4H3. The van der Waals surface area contributed by atoms with Gasteiger partial charge in [-0.15, -0.1) is 0 Å². The molecule has 2 heterocycles. The lowest BCUT2D eigenvalue weighted by atomic mass is 9.68. The fourth-order valence-electron chi connectivity index (χ4n) is 5.84. The van der Waals surface area contributed by atoms with Crippen LogP contribution in [-0.4, -0.2) is 17.0 Å². The Morgan fingerprint density at radius 2 is 1.27 bits per heavy atom. The van der Waals surface area contributed by atoms with Crippen LogP contribution in [0.1, 0.15) is 55.2 Å². The summed E-state index contributed by atoms with van der Waals surface area (Å²) in [4.78, 5) is 11.6. The van der Waals surface area contributed by atoms with E-state index in [2.05, 4.69) is 91.2 Å². The highest BCUT2D eigenvalue weighted by molar-refractivity contribution is 5.89. The Labute approximate surface area is 177 Å². The van der Waals surface area contributed by atoms with E-state index in [0.717, 1.165) is 11.0 Å². The smallest absolute Gasteiger partial charge is 0.0889 e. The lowest BCUT2D eigenvalue weighted by Crippen LogP contribution is -2.33. The molecule has 0 fully saturated rings. The van der Waals surface area contributed by atoms with Gasteiger partial charge in [-0.3, -0.25) is 9.97 Å². The monoisotopic (exact) mass is 391 g/mol. The Balaban J connectivity index is 1.59. The molecule has 3 atom stereocenters. The molecule has 3 aromatic carbocycles. The van der Waals surface area contributed by atoms with Crippen molar-refractivity contribution in [2.45, 2.75) is 38.5 Å². The summed E-state index contributed by atoms with van der Waals surface area (Å²) in [7, 11) is 2.24. The summed E-state index contributed by atoms with van der Waals surface area (Å²) in [5.41, 5.74) is 10.5. The molecule has 0 saturated heterocycles. The number of anilines is 1. The number of likely N-dealkylation sites (N-methyl/N-ethyl adjacent to an activating group) is 1. The van der Waals surface area contributed by atoms with Crippen LogP contribution in [0.3, 0.4) is 0 Å². The lowest BCUT2D eigenvalue weighted by Gasteiger charge is -2.45. The Hall–Kier alpha value is -3.20. The molecule has 0 spiro atoms. The van der Waals surface area contributed by atoms with Crippen molar-refractivity contribution in [1.82, 2.24) is 9.97 Å². The van der Waals surface area contributed by atoms with E-state index >= 15 is 0 Å². The fourth-order valence-corrected chi connectivity index (χ4v) is 5.84. The summed E-state index contributed by atoms with van der Waals surface area (Å²) in [5.74, 6) is 1.07. The average Bonchev–Trinajstić information content (AvgIpc) is 2.78. The van der Waals surface area contributed by atoms with Crippen LogP contribution in [0.15, 0.2) is 72.2 Å². The molecule has 1 aliphatic carbocycles. The largest absolute Gasteiger partial charge is 0.347 e. The molecule has 148 valence electrons. The SMILES string of the molecule is CC1C2=C(C(C)c3cc4nccnc4cc31)N(C)c1cc3ccccc3cc1C2C. The first-order chi connectivity index (χ1) is 14.5. The molecular formula is C27H25N3. The normalized spacial score (nSPS) is 22.8. The van der Waals surface area contributed by atoms with Gasteiger partial charge in [-0.1, -0.05) is 45.0 Å². The van der Waals surface area contributed by atoms with Gasteiger partial charge >= 0.3 is 0 Å². The number of fused-ring (bicyclic) bond motifs is 4. The minimum Gasteiger partial charge on any atom is -0.347 e. The van der Waals surface area contributed by atoms with Gasteiger partial charge in [0.05, 0.1) is 11.0 Å².